The summed E-state index contributed by atoms with van der Waals surface area (Å²) in [5.41, 5.74) is 0.817. The highest BCUT2D eigenvalue weighted by molar-refractivity contribution is 9.10. The van der Waals surface area contributed by atoms with E-state index in [1.807, 2.05) is 12.1 Å². The van der Waals surface area contributed by atoms with Crippen LogP contribution < -0.4 is 4.90 Å². The number of benzene rings is 1. The molecule has 1 aromatic carbocycles. The van der Waals surface area contributed by atoms with Gasteiger partial charge >= 0.3 is 0 Å². The molecule has 0 saturated heterocycles. The van der Waals surface area contributed by atoms with Crippen molar-refractivity contribution in [1.29, 1.82) is 0 Å². The predicted molar refractivity (Wildman–Crippen MR) is 82.2 cm³/mol. The van der Waals surface area contributed by atoms with E-state index >= 15 is 0 Å². The van der Waals surface area contributed by atoms with Gasteiger partial charge in [-0.2, -0.15) is 0 Å². The smallest absolute Gasteiger partial charge is 0.293 e. The first-order valence-electron chi connectivity index (χ1n) is 6.74. The van der Waals surface area contributed by atoms with Crippen LogP contribution in [0.2, 0.25) is 0 Å². The molecule has 1 fully saturated rings. The molecule has 1 saturated carbocycles. The van der Waals surface area contributed by atoms with Gasteiger partial charge in [0.25, 0.3) is 5.69 Å². The van der Waals surface area contributed by atoms with Crippen LogP contribution in [0.25, 0.3) is 0 Å². The van der Waals surface area contributed by atoms with Crippen molar-refractivity contribution < 1.29 is 9.66 Å². The van der Waals surface area contributed by atoms with Crippen LogP contribution in [0.5, 0.6) is 0 Å². The Labute approximate surface area is 127 Å². The minimum absolute atomic E-state index is 0.142. The average Bonchev–Trinajstić information content (AvgIpc) is 3.24. The Kier molecular flexibility index (Phi) is 4.99. The number of halogens is 1. The lowest BCUT2D eigenvalue weighted by atomic mass is 10.1. The standard InChI is InChI=1S/C14H19BrN2O3/c1-10(11-3-4-11)16(7-8-20-2)13-6-5-12(15)9-14(13)17(18)19/h5-6,9-11H,3-4,7-8H2,1-2H3. The zero-order valence-corrected chi connectivity index (χ0v) is 13.3. The number of methoxy groups -OCH3 is 1. The van der Waals surface area contributed by atoms with Crippen LogP contribution in [0.15, 0.2) is 22.7 Å². The summed E-state index contributed by atoms with van der Waals surface area (Å²) in [6.45, 7) is 3.36. The van der Waals surface area contributed by atoms with Crippen molar-refractivity contribution in [1.82, 2.24) is 0 Å². The molecule has 0 spiro atoms. The zero-order valence-electron chi connectivity index (χ0n) is 11.7. The van der Waals surface area contributed by atoms with E-state index in [0.29, 0.717) is 30.8 Å². The van der Waals surface area contributed by atoms with Crippen molar-refractivity contribution in [2.45, 2.75) is 25.8 Å². The number of nitro groups is 1. The van der Waals surface area contributed by atoms with E-state index in [1.54, 1.807) is 13.2 Å². The third kappa shape index (κ3) is 3.49. The third-order valence-electron chi connectivity index (χ3n) is 3.78. The summed E-state index contributed by atoms with van der Waals surface area (Å²) in [6, 6.07) is 5.53. The van der Waals surface area contributed by atoms with Gasteiger partial charge in [-0.25, -0.2) is 0 Å². The van der Waals surface area contributed by atoms with Crippen LogP contribution >= 0.6 is 15.9 Å². The first-order valence-corrected chi connectivity index (χ1v) is 7.53. The number of hydrogen-bond donors (Lipinski definition) is 0. The van der Waals surface area contributed by atoms with E-state index in [2.05, 4.69) is 27.8 Å². The predicted octanol–water partition coefficient (Wildman–Crippen LogP) is 3.61. The second kappa shape index (κ2) is 6.54. The Morgan fingerprint density at radius 3 is 2.80 bits per heavy atom. The van der Waals surface area contributed by atoms with E-state index in [0.717, 1.165) is 4.47 Å². The Morgan fingerprint density at radius 2 is 2.25 bits per heavy atom. The molecule has 2 rings (SSSR count). The van der Waals surface area contributed by atoms with Gasteiger partial charge in [0.1, 0.15) is 5.69 Å². The number of rotatable bonds is 7. The van der Waals surface area contributed by atoms with E-state index in [9.17, 15) is 10.1 Å². The van der Waals surface area contributed by atoms with E-state index in [-0.39, 0.29) is 10.6 Å². The Hall–Kier alpha value is -1.14. The number of ether oxygens (including phenoxy) is 1. The quantitative estimate of drug-likeness (QED) is 0.561. The normalized spacial score (nSPS) is 15.9. The molecular weight excluding hydrogens is 324 g/mol. The monoisotopic (exact) mass is 342 g/mol. The first kappa shape index (κ1) is 15.3. The number of nitro benzene ring substituents is 1. The van der Waals surface area contributed by atoms with Crippen molar-refractivity contribution in [2.24, 2.45) is 5.92 Å². The Morgan fingerprint density at radius 1 is 1.55 bits per heavy atom. The lowest BCUT2D eigenvalue weighted by Crippen LogP contribution is -2.37. The van der Waals surface area contributed by atoms with Gasteiger partial charge in [0, 0.05) is 30.2 Å². The van der Waals surface area contributed by atoms with Gasteiger partial charge in [-0.3, -0.25) is 10.1 Å². The van der Waals surface area contributed by atoms with Crippen LogP contribution in [0.1, 0.15) is 19.8 Å². The highest BCUT2D eigenvalue weighted by atomic mass is 79.9. The summed E-state index contributed by atoms with van der Waals surface area (Å²) in [5.74, 6) is 0.634. The summed E-state index contributed by atoms with van der Waals surface area (Å²) in [6.07, 6.45) is 2.41. The first-order chi connectivity index (χ1) is 9.54. The molecule has 1 unspecified atom stereocenters. The molecule has 0 bridgehead atoms. The van der Waals surface area contributed by atoms with Crippen molar-refractivity contribution in [3.05, 3.63) is 32.8 Å². The Balaban J connectivity index is 2.33. The molecule has 1 aromatic rings. The van der Waals surface area contributed by atoms with Crippen molar-refractivity contribution in [3.63, 3.8) is 0 Å². The molecule has 1 atom stereocenters. The fraction of sp³-hybridized carbons (Fsp3) is 0.571. The second-order valence-electron chi connectivity index (χ2n) is 5.15. The van der Waals surface area contributed by atoms with Gasteiger partial charge in [-0.1, -0.05) is 15.9 Å². The molecule has 0 amide bonds. The highest BCUT2D eigenvalue weighted by Gasteiger charge is 2.34. The van der Waals surface area contributed by atoms with Gasteiger partial charge in [-0.05, 0) is 37.8 Å². The minimum atomic E-state index is -0.320. The van der Waals surface area contributed by atoms with Crippen molar-refractivity contribution in [2.75, 3.05) is 25.2 Å². The van der Waals surface area contributed by atoms with E-state index < -0.39 is 0 Å². The van der Waals surface area contributed by atoms with Gasteiger partial charge in [0.05, 0.1) is 11.5 Å². The summed E-state index contributed by atoms with van der Waals surface area (Å²) >= 11 is 3.30. The fourth-order valence-corrected chi connectivity index (χ4v) is 2.80. The van der Waals surface area contributed by atoms with Crippen LogP contribution in [0, 0.1) is 16.0 Å². The molecule has 0 heterocycles. The van der Waals surface area contributed by atoms with Gasteiger partial charge < -0.3 is 9.64 Å². The topological polar surface area (TPSA) is 55.6 Å². The third-order valence-corrected chi connectivity index (χ3v) is 4.27. The van der Waals surface area contributed by atoms with Gasteiger partial charge in [0.2, 0.25) is 0 Å². The molecule has 1 aliphatic carbocycles. The minimum Gasteiger partial charge on any atom is -0.383 e. The SMILES string of the molecule is COCCN(c1ccc(Br)cc1[N+](=O)[O-])C(C)C1CC1. The molecule has 0 radical (unpaired) electrons. The van der Waals surface area contributed by atoms with Crippen molar-refractivity contribution in [3.8, 4) is 0 Å². The molecule has 110 valence electrons. The molecule has 0 N–H and O–H groups in total. The zero-order chi connectivity index (χ0) is 14.7. The molecule has 20 heavy (non-hydrogen) atoms. The number of nitrogens with zero attached hydrogens (tertiary/aromatic N) is 2. The maximum atomic E-state index is 11.3. The van der Waals surface area contributed by atoms with Gasteiger partial charge in [0.15, 0.2) is 0 Å². The molecular formula is C14H19BrN2O3. The summed E-state index contributed by atoms with van der Waals surface area (Å²) < 4.78 is 5.87. The van der Waals surface area contributed by atoms with Crippen LogP contribution in [-0.2, 0) is 4.74 Å². The fourth-order valence-electron chi connectivity index (χ4n) is 2.45. The van der Waals surface area contributed by atoms with Crippen LogP contribution in [0.3, 0.4) is 0 Å². The molecule has 6 heteroatoms. The summed E-state index contributed by atoms with van der Waals surface area (Å²) in [4.78, 5) is 13.1. The largest absolute Gasteiger partial charge is 0.383 e. The summed E-state index contributed by atoms with van der Waals surface area (Å²) in [5, 5.41) is 11.3. The maximum Gasteiger partial charge on any atom is 0.293 e. The molecule has 0 aliphatic heterocycles. The Bertz CT molecular complexity index is 491. The van der Waals surface area contributed by atoms with Gasteiger partial charge in [-0.15, -0.1) is 0 Å². The maximum absolute atomic E-state index is 11.3. The lowest BCUT2D eigenvalue weighted by molar-refractivity contribution is -0.384. The van der Waals surface area contributed by atoms with Crippen LogP contribution in [-0.4, -0.2) is 31.2 Å². The van der Waals surface area contributed by atoms with Crippen LogP contribution in [0.4, 0.5) is 11.4 Å². The number of hydrogen-bond acceptors (Lipinski definition) is 4. The van der Waals surface area contributed by atoms with Crippen molar-refractivity contribution >= 4 is 27.3 Å². The lowest BCUT2D eigenvalue weighted by Gasteiger charge is -2.31. The second-order valence-corrected chi connectivity index (χ2v) is 6.07. The van der Waals surface area contributed by atoms with E-state index in [4.69, 9.17) is 4.74 Å². The van der Waals surface area contributed by atoms with E-state index in [1.165, 1.54) is 12.8 Å². The molecule has 1 aliphatic rings. The molecule has 5 nitrogen and oxygen atoms in total. The average molecular weight is 343 g/mol. The highest BCUT2D eigenvalue weighted by Crippen LogP contribution is 2.39. The number of anilines is 1. The molecule has 0 aromatic heterocycles. The summed E-state index contributed by atoms with van der Waals surface area (Å²) in [7, 11) is 1.65.